The number of hydrogen-bond acceptors (Lipinski definition) is 6. The van der Waals surface area contributed by atoms with E-state index < -0.39 is 11.9 Å². The maximum absolute atomic E-state index is 12.2. The van der Waals surface area contributed by atoms with Crippen LogP contribution in [0.4, 0.5) is 11.4 Å². The van der Waals surface area contributed by atoms with E-state index in [4.69, 9.17) is 0 Å². The smallest absolute Gasteiger partial charge is 0.325 e. The van der Waals surface area contributed by atoms with Crippen LogP contribution in [0.15, 0.2) is 77.0 Å². The second-order valence-electron chi connectivity index (χ2n) is 6.86. The molecule has 1 aromatic heterocycles. The van der Waals surface area contributed by atoms with E-state index in [-0.39, 0.29) is 24.7 Å². The van der Waals surface area contributed by atoms with Gasteiger partial charge in [-0.2, -0.15) is 0 Å². The molecule has 0 atom stereocenters. The zero-order valence-electron chi connectivity index (χ0n) is 16.8. The summed E-state index contributed by atoms with van der Waals surface area (Å²) in [6, 6.07) is 20.8. The van der Waals surface area contributed by atoms with Crippen molar-refractivity contribution >= 4 is 44.9 Å². The van der Waals surface area contributed by atoms with Crippen LogP contribution in [0, 0.1) is 0 Å². The Morgan fingerprint density at radius 3 is 2.58 bits per heavy atom. The number of fused-ring (bicyclic) bond motifs is 2. The molecule has 0 saturated carbocycles. The maximum atomic E-state index is 12.2. The lowest BCUT2D eigenvalue weighted by Gasteiger charge is -2.05. The second kappa shape index (κ2) is 8.66. The molecule has 4 aromatic rings. The standard InChI is InChI=1S/C23H20N4O4/c1-31-21(29)14-27-19-9-5-4-8-18(19)22(23(27)30)26-25-20(28)13-24-17-11-10-15-6-2-3-7-16(15)12-17/h2-12,24,30H,13-14H2,1H3. The first-order valence-corrected chi connectivity index (χ1v) is 9.61. The third-order valence-electron chi connectivity index (χ3n) is 4.89. The highest BCUT2D eigenvalue weighted by Gasteiger charge is 2.18. The average Bonchev–Trinajstić information content (AvgIpc) is 3.06. The third-order valence-corrected chi connectivity index (χ3v) is 4.89. The molecule has 4 rings (SSSR count). The minimum atomic E-state index is -0.518. The van der Waals surface area contributed by atoms with Crippen molar-refractivity contribution in [2.45, 2.75) is 6.54 Å². The van der Waals surface area contributed by atoms with Crippen LogP contribution in [0.5, 0.6) is 5.88 Å². The molecule has 0 bridgehead atoms. The molecule has 0 unspecified atom stereocenters. The number of nitrogens with zero attached hydrogens (tertiary/aromatic N) is 3. The van der Waals surface area contributed by atoms with Crippen molar-refractivity contribution in [1.29, 1.82) is 0 Å². The molecule has 0 spiro atoms. The van der Waals surface area contributed by atoms with Gasteiger partial charge < -0.3 is 15.2 Å². The van der Waals surface area contributed by atoms with Gasteiger partial charge in [0, 0.05) is 11.1 Å². The van der Waals surface area contributed by atoms with Crippen molar-refractivity contribution in [2.75, 3.05) is 19.0 Å². The number of benzene rings is 3. The zero-order chi connectivity index (χ0) is 21.8. The number of carbonyl (C=O) groups excluding carboxylic acids is 2. The number of rotatable bonds is 6. The summed E-state index contributed by atoms with van der Waals surface area (Å²) < 4.78 is 6.05. The van der Waals surface area contributed by atoms with E-state index >= 15 is 0 Å². The van der Waals surface area contributed by atoms with Crippen LogP contribution in [-0.2, 0) is 20.9 Å². The Bertz CT molecular complexity index is 1310. The van der Waals surface area contributed by atoms with Crippen molar-refractivity contribution in [3.8, 4) is 5.88 Å². The number of hydrogen-bond donors (Lipinski definition) is 2. The van der Waals surface area contributed by atoms with Crippen LogP contribution in [0.3, 0.4) is 0 Å². The molecule has 1 heterocycles. The fourth-order valence-electron chi connectivity index (χ4n) is 3.34. The van der Waals surface area contributed by atoms with E-state index in [1.807, 2.05) is 42.5 Å². The van der Waals surface area contributed by atoms with E-state index in [9.17, 15) is 14.7 Å². The molecule has 8 nitrogen and oxygen atoms in total. The van der Waals surface area contributed by atoms with Crippen LogP contribution >= 0.6 is 0 Å². The first-order valence-electron chi connectivity index (χ1n) is 9.61. The van der Waals surface area contributed by atoms with Gasteiger partial charge in [-0.05, 0) is 29.0 Å². The van der Waals surface area contributed by atoms with Crippen molar-refractivity contribution in [2.24, 2.45) is 10.2 Å². The maximum Gasteiger partial charge on any atom is 0.325 e. The molecule has 2 N–H and O–H groups in total. The highest BCUT2D eigenvalue weighted by Crippen LogP contribution is 2.38. The molecule has 31 heavy (non-hydrogen) atoms. The summed E-state index contributed by atoms with van der Waals surface area (Å²) in [4.78, 5) is 23.9. The number of para-hydroxylation sites is 1. The van der Waals surface area contributed by atoms with Crippen LogP contribution in [0.2, 0.25) is 0 Å². The topological polar surface area (TPSA) is 105 Å². The number of anilines is 1. The summed E-state index contributed by atoms with van der Waals surface area (Å²) >= 11 is 0. The Balaban J connectivity index is 1.51. The molecule has 0 aliphatic carbocycles. The van der Waals surface area contributed by atoms with Gasteiger partial charge >= 0.3 is 5.97 Å². The molecule has 8 heteroatoms. The Morgan fingerprint density at radius 2 is 1.77 bits per heavy atom. The number of aromatic nitrogens is 1. The molecular weight excluding hydrogens is 396 g/mol. The summed E-state index contributed by atoms with van der Waals surface area (Å²) in [6.07, 6.45) is 0. The van der Waals surface area contributed by atoms with Crippen LogP contribution in [-0.4, -0.2) is 35.2 Å². The number of ether oxygens (including phenoxy) is 1. The first-order chi connectivity index (χ1) is 15.1. The number of methoxy groups -OCH3 is 1. The molecular formula is C23H20N4O4. The van der Waals surface area contributed by atoms with Gasteiger partial charge in [0.05, 0.1) is 19.2 Å². The third kappa shape index (κ3) is 4.23. The van der Waals surface area contributed by atoms with E-state index in [1.165, 1.54) is 11.7 Å². The predicted molar refractivity (Wildman–Crippen MR) is 118 cm³/mol. The monoisotopic (exact) mass is 416 g/mol. The summed E-state index contributed by atoms with van der Waals surface area (Å²) in [5.74, 6) is -1.28. The Labute approximate surface area is 177 Å². The molecule has 0 aliphatic heterocycles. The number of amides is 1. The predicted octanol–water partition coefficient (Wildman–Crippen LogP) is 4.40. The molecule has 0 fully saturated rings. The Morgan fingerprint density at radius 1 is 1.03 bits per heavy atom. The highest BCUT2D eigenvalue weighted by molar-refractivity contribution is 5.96. The Hall–Kier alpha value is -4.20. The fraction of sp³-hybridized carbons (Fsp3) is 0.130. The molecule has 1 amide bonds. The first kappa shape index (κ1) is 20.1. The molecule has 0 radical (unpaired) electrons. The second-order valence-corrected chi connectivity index (χ2v) is 6.86. The SMILES string of the molecule is COC(=O)Cn1c(O)c(N=NC(=O)CNc2ccc3ccccc3c2)c2ccccc21. The van der Waals surface area contributed by atoms with Gasteiger partial charge in [-0.15, -0.1) is 10.2 Å². The summed E-state index contributed by atoms with van der Waals surface area (Å²) in [5.41, 5.74) is 1.50. The lowest BCUT2D eigenvalue weighted by atomic mass is 10.1. The number of aromatic hydroxyl groups is 1. The van der Waals surface area contributed by atoms with Crippen molar-refractivity contribution in [3.63, 3.8) is 0 Å². The minimum absolute atomic E-state index is 0.0522. The number of esters is 1. The van der Waals surface area contributed by atoms with Crippen molar-refractivity contribution < 1.29 is 19.4 Å². The summed E-state index contributed by atoms with van der Waals surface area (Å²) in [7, 11) is 1.27. The van der Waals surface area contributed by atoms with Crippen LogP contribution in [0.1, 0.15) is 0 Å². The van der Waals surface area contributed by atoms with E-state index in [0.717, 1.165) is 16.5 Å². The van der Waals surface area contributed by atoms with Gasteiger partial charge in [0.25, 0.3) is 5.91 Å². The van der Waals surface area contributed by atoms with Gasteiger partial charge in [0.1, 0.15) is 6.54 Å². The van der Waals surface area contributed by atoms with Crippen LogP contribution < -0.4 is 5.32 Å². The summed E-state index contributed by atoms with van der Waals surface area (Å²) in [5, 5.41) is 24.0. The van der Waals surface area contributed by atoms with Crippen molar-refractivity contribution in [1.82, 2.24) is 4.57 Å². The largest absolute Gasteiger partial charge is 0.493 e. The van der Waals surface area contributed by atoms with E-state index in [1.54, 1.807) is 24.3 Å². The number of nitrogens with one attached hydrogen (secondary N) is 1. The minimum Gasteiger partial charge on any atom is -0.493 e. The quantitative estimate of drug-likeness (QED) is 0.358. The van der Waals surface area contributed by atoms with Crippen molar-refractivity contribution in [3.05, 3.63) is 66.7 Å². The average molecular weight is 416 g/mol. The van der Waals surface area contributed by atoms with Crippen LogP contribution in [0.25, 0.3) is 21.7 Å². The number of azo groups is 1. The zero-order valence-corrected chi connectivity index (χ0v) is 16.8. The van der Waals surface area contributed by atoms with Gasteiger partial charge in [0.15, 0.2) is 5.69 Å². The summed E-state index contributed by atoms with van der Waals surface area (Å²) in [6.45, 7) is -0.237. The van der Waals surface area contributed by atoms with E-state index in [2.05, 4.69) is 20.3 Å². The lowest BCUT2D eigenvalue weighted by Crippen LogP contribution is -2.11. The van der Waals surface area contributed by atoms with Gasteiger partial charge in [-0.25, -0.2) is 0 Å². The molecule has 3 aromatic carbocycles. The van der Waals surface area contributed by atoms with Gasteiger partial charge in [0.2, 0.25) is 5.88 Å². The molecule has 0 aliphatic rings. The number of carbonyl (C=O) groups is 2. The normalized spacial score (nSPS) is 11.3. The lowest BCUT2D eigenvalue weighted by molar-refractivity contribution is -0.141. The van der Waals surface area contributed by atoms with Gasteiger partial charge in [-0.1, -0.05) is 48.5 Å². The fourth-order valence-corrected chi connectivity index (χ4v) is 3.34. The van der Waals surface area contributed by atoms with Gasteiger partial charge in [-0.3, -0.25) is 14.2 Å². The Kier molecular flexibility index (Phi) is 5.61. The van der Waals surface area contributed by atoms with E-state index in [0.29, 0.717) is 10.9 Å². The molecule has 0 saturated heterocycles. The highest BCUT2D eigenvalue weighted by atomic mass is 16.5. The molecule has 156 valence electrons.